The number of rotatable bonds is 10. The van der Waals surface area contributed by atoms with Crippen LogP contribution in [0.5, 0.6) is 5.75 Å². The number of thiophene rings is 1. The van der Waals surface area contributed by atoms with Crippen molar-refractivity contribution in [2.24, 2.45) is 0 Å². The molecule has 0 unspecified atom stereocenters. The third-order valence-electron chi connectivity index (χ3n) is 4.45. The van der Waals surface area contributed by atoms with E-state index in [1.165, 1.54) is 11.3 Å². The van der Waals surface area contributed by atoms with Gasteiger partial charge in [-0.05, 0) is 62.6 Å². The molecule has 2 N–H and O–H groups in total. The van der Waals surface area contributed by atoms with Crippen LogP contribution in [0.3, 0.4) is 0 Å². The monoisotopic (exact) mass is 486 g/mol. The average Bonchev–Trinajstić information content (AvgIpc) is 3.20. The molecule has 0 saturated heterocycles. The number of para-hydroxylation sites is 2. The fourth-order valence-electron chi connectivity index (χ4n) is 2.98. The highest BCUT2D eigenvalue weighted by atomic mass is 32.1. The fraction of sp³-hybridized carbons (Fsp3) is 0.360. The SMILES string of the molecule is COCCOCCOc1ccc2sc(C(=O)Nc3ccccc3NC(=O)OC(C)(C)C)cc2c1. The molecular formula is C25H30N2O6S. The topological polar surface area (TPSA) is 95.1 Å². The number of fused-ring (bicyclic) bond motifs is 1. The molecule has 0 fully saturated rings. The molecule has 1 aromatic heterocycles. The molecule has 0 saturated carbocycles. The van der Waals surface area contributed by atoms with Crippen molar-refractivity contribution in [3.05, 3.63) is 53.4 Å². The molecule has 2 amide bonds. The molecule has 0 aliphatic carbocycles. The Balaban J connectivity index is 1.63. The molecule has 0 aliphatic rings. The summed E-state index contributed by atoms with van der Waals surface area (Å²) in [5.41, 5.74) is 0.307. The number of methoxy groups -OCH3 is 1. The first kappa shape index (κ1) is 25.5. The smallest absolute Gasteiger partial charge is 0.412 e. The Labute approximate surface area is 203 Å². The van der Waals surface area contributed by atoms with Gasteiger partial charge in [0.25, 0.3) is 5.91 Å². The summed E-state index contributed by atoms with van der Waals surface area (Å²) < 4.78 is 22.3. The van der Waals surface area contributed by atoms with E-state index in [2.05, 4.69) is 10.6 Å². The number of carbonyl (C=O) groups is 2. The summed E-state index contributed by atoms with van der Waals surface area (Å²) in [4.78, 5) is 25.6. The van der Waals surface area contributed by atoms with Gasteiger partial charge in [0.1, 0.15) is 18.0 Å². The molecule has 0 aliphatic heterocycles. The third kappa shape index (κ3) is 7.72. The van der Waals surface area contributed by atoms with Gasteiger partial charge < -0.3 is 24.3 Å². The van der Waals surface area contributed by atoms with Crippen LogP contribution in [-0.4, -0.2) is 51.1 Å². The number of benzene rings is 2. The average molecular weight is 487 g/mol. The summed E-state index contributed by atoms with van der Waals surface area (Å²) in [5, 5.41) is 6.47. The Hall–Kier alpha value is -3.14. The lowest BCUT2D eigenvalue weighted by molar-refractivity contribution is 0.0544. The van der Waals surface area contributed by atoms with E-state index in [0.717, 1.165) is 10.1 Å². The molecule has 3 rings (SSSR count). The zero-order valence-electron chi connectivity index (χ0n) is 19.8. The van der Waals surface area contributed by atoms with Crippen LogP contribution in [-0.2, 0) is 14.2 Å². The molecule has 2 aromatic carbocycles. The van der Waals surface area contributed by atoms with E-state index < -0.39 is 11.7 Å². The second-order valence-corrected chi connectivity index (χ2v) is 9.47. The number of hydrogen-bond donors (Lipinski definition) is 2. The minimum atomic E-state index is -0.626. The highest BCUT2D eigenvalue weighted by molar-refractivity contribution is 7.20. The van der Waals surface area contributed by atoms with E-state index in [9.17, 15) is 9.59 Å². The largest absolute Gasteiger partial charge is 0.491 e. The molecule has 1 heterocycles. The van der Waals surface area contributed by atoms with Crippen molar-refractivity contribution in [1.29, 1.82) is 0 Å². The van der Waals surface area contributed by atoms with Gasteiger partial charge in [0.2, 0.25) is 0 Å². The number of amides is 2. The van der Waals surface area contributed by atoms with Crippen LogP contribution >= 0.6 is 11.3 Å². The first-order valence-corrected chi connectivity index (χ1v) is 11.7. The van der Waals surface area contributed by atoms with Gasteiger partial charge in [-0.3, -0.25) is 10.1 Å². The van der Waals surface area contributed by atoms with E-state index in [-0.39, 0.29) is 5.91 Å². The van der Waals surface area contributed by atoms with Crippen LogP contribution in [0.15, 0.2) is 48.5 Å². The molecule has 0 radical (unpaired) electrons. The summed E-state index contributed by atoms with van der Waals surface area (Å²) in [6.07, 6.45) is -0.590. The molecule has 182 valence electrons. The van der Waals surface area contributed by atoms with E-state index in [1.54, 1.807) is 52.1 Å². The second-order valence-electron chi connectivity index (χ2n) is 8.39. The minimum absolute atomic E-state index is 0.270. The van der Waals surface area contributed by atoms with Crippen LogP contribution in [0.4, 0.5) is 16.2 Å². The van der Waals surface area contributed by atoms with Gasteiger partial charge in [0, 0.05) is 11.8 Å². The van der Waals surface area contributed by atoms with Crippen molar-refractivity contribution in [3.63, 3.8) is 0 Å². The Morgan fingerprint density at radius 3 is 2.32 bits per heavy atom. The van der Waals surface area contributed by atoms with Gasteiger partial charge in [-0.1, -0.05) is 12.1 Å². The Kier molecular flexibility index (Phi) is 8.86. The molecule has 3 aromatic rings. The van der Waals surface area contributed by atoms with E-state index in [4.69, 9.17) is 18.9 Å². The Morgan fingerprint density at radius 1 is 0.912 bits per heavy atom. The van der Waals surface area contributed by atoms with Crippen LogP contribution < -0.4 is 15.4 Å². The van der Waals surface area contributed by atoms with Gasteiger partial charge in [0.15, 0.2) is 0 Å². The molecular weight excluding hydrogens is 456 g/mol. The van der Waals surface area contributed by atoms with E-state index in [0.29, 0.717) is 48.4 Å². The predicted octanol–water partition coefficient (Wildman–Crippen LogP) is 5.54. The lowest BCUT2D eigenvalue weighted by Crippen LogP contribution is -2.27. The highest BCUT2D eigenvalue weighted by Crippen LogP contribution is 2.30. The Bertz CT molecular complexity index is 1120. The van der Waals surface area contributed by atoms with Crippen molar-refractivity contribution >= 4 is 44.8 Å². The number of nitrogens with one attached hydrogen (secondary N) is 2. The van der Waals surface area contributed by atoms with Crippen molar-refractivity contribution in [2.45, 2.75) is 26.4 Å². The maximum absolute atomic E-state index is 12.9. The van der Waals surface area contributed by atoms with Gasteiger partial charge >= 0.3 is 6.09 Å². The van der Waals surface area contributed by atoms with Crippen molar-refractivity contribution in [2.75, 3.05) is 44.2 Å². The van der Waals surface area contributed by atoms with Gasteiger partial charge in [-0.25, -0.2) is 4.79 Å². The number of carbonyl (C=O) groups excluding carboxylic acids is 2. The van der Waals surface area contributed by atoms with Crippen LogP contribution in [0.1, 0.15) is 30.4 Å². The van der Waals surface area contributed by atoms with Crippen molar-refractivity contribution < 1.29 is 28.5 Å². The van der Waals surface area contributed by atoms with Crippen molar-refractivity contribution in [3.8, 4) is 5.75 Å². The molecule has 0 bridgehead atoms. The standard InChI is InChI=1S/C25H30N2O6S/c1-25(2,3)33-24(29)27-20-8-6-5-7-19(20)26-23(28)22-16-17-15-18(9-10-21(17)34-22)32-14-13-31-12-11-30-4/h5-10,15-16H,11-14H2,1-4H3,(H,26,28)(H,27,29). The maximum Gasteiger partial charge on any atom is 0.412 e. The van der Waals surface area contributed by atoms with Crippen LogP contribution in [0, 0.1) is 0 Å². The van der Waals surface area contributed by atoms with Gasteiger partial charge in [-0.2, -0.15) is 0 Å². The fourth-order valence-corrected chi connectivity index (χ4v) is 3.92. The number of ether oxygens (including phenoxy) is 4. The molecule has 0 spiro atoms. The third-order valence-corrected chi connectivity index (χ3v) is 5.57. The summed E-state index contributed by atoms with van der Waals surface area (Å²) in [6, 6.07) is 14.5. The highest BCUT2D eigenvalue weighted by Gasteiger charge is 2.18. The number of anilines is 2. The normalized spacial score (nSPS) is 11.3. The summed E-state index contributed by atoms with van der Waals surface area (Å²) in [7, 11) is 1.63. The second kappa shape index (κ2) is 11.8. The first-order chi connectivity index (χ1) is 16.2. The molecule has 8 nitrogen and oxygen atoms in total. The van der Waals surface area contributed by atoms with Crippen molar-refractivity contribution in [1.82, 2.24) is 0 Å². The van der Waals surface area contributed by atoms with E-state index in [1.807, 2.05) is 24.3 Å². The zero-order valence-corrected chi connectivity index (χ0v) is 20.6. The maximum atomic E-state index is 12.9. The van der Waals surface area contributed by atoms with Gasteiger partial charge in [-0.15, -0.1) is 11.3 Å². The number of hydrogen-bond acceptors (Lipinski definition) is 7. The minimum Gasteiger partial charge on any atom is -0.491 e. The summed E-state index contributed by atoms with van der Waals surface area (Å²) in [6.45, 7) is 7.33. The lowest BCUT2D eigenvalue weighted by atomic mass is 10.2. The predicted molar refractivity (Wildman–Crippen MR) is 134 cm³/mol. The zero-order chi connectivity index (χ0) is 24.6. The quantitative estimate of drug-likeness (QED) is 0.365. The molecule has 9 heteroatoms. The van der Waals surface area contributed by atoms with E-state index >= 15 is 0 Å². The van der Waals surface area contributed by atoms with Crippen LogP contribution in [0.2, 0.25) is 0 Å². The summed E-state index contributed by atoms with van der Waals surface area (Å²) >= 11 is 1.38. The van der Waals surface area contributed by atoms with Gasteiger partial charge in [0.05, 0.1) is 36.1 Å². The van der Waals surface area contributed by atoms with Crippen LogP contribution in [0.25, 0.3) is 10.1 Å². The first-order valence-electron chi connectivity index (χ1n) is 10.9. The lowest BCUT2D eigenvalue weighted by Gasteiger charge is -2.20. The Morgan fingerprint density at radius 2 is 1.62 bits per heavy atom. The molecule has 0 atom stereocenters. The molecule has 34 heavy (non-hydrogen) atoms. The summed E-state index contributed by atoms with van der Waals surface area (Å²) in [5.74, 6) is 0.438.